The Morgan fingerprint density at radius 1 is 0.889 bits per heavy atom. The van der Waals surface area contributed by atoms with Crippen LogP contribution in [-0.2, 0) is 9.59 Å². The quantitative estimate of drug-likeness (QED) is 0.825. The molecular weight excluding hydrogens is 340 g/mol. The zero-order chi connectivity index (χ0) is 19.4. The minimum Gasteiger partial charge on any atom is -0.369 e. The summed E-state index contributed by atoms with van der Waals surface area (Å²) < 4.78 is 0. The number of amides is 2. The highest BCUT2D eigenvalue weighted by molar-refractivity contribution is 6.09. The zero-order valence-corrected chi connectivity index (χ0v) is 16.8. The summed E-state index contributed by atoms with van der Waals surface area (Å²) >= 11 is 0. The van der Waals surface area contributed by atoms with Gasteiger partial charge in [0.15, 0.2) is 0 Å². The standard InChI is InChI=1S/C21H32N4O2/c1-21(2,20(27)25-11-5-4-6-12-25)19(26)22-17-7-9-18(10-8-17)24-15-13-23(3)14-16-24/h7-10H,4-6,11-16H2,1-3H3,(H,22,26). The van der Waals surface area contributed by atoms with Gasteiger partial charge in [0.2, 0.25) is 11.8 Å². The van der Waals surface area contributed by atoms with E-state index < -0.39 is 5.41 Å². The third-order valence-corrected chi connectivity index (χ3v) is 5.74. The number of hydrogen-bond acceptors (Lipinski definition) is 4. The second-order valence-corrected chi connectivity index (χ2v) is 8.27. The molecule has 0 aliphatic carbocycles. The van der Waals surface area contributed by atoms with E-state index in [1.165, 1.54) is 5.69 Å². The smallest absolute Gasteiger partial charge is 0.239 e. The number of piperidine rings is 1. The Labute approximate surface area is 162 Å². The summed E-state index contributed by atoms with van der Waals surface area (Å²) in [4.78, 5) is 32.1. The fourth-order valence-electron chi connectivity index (χ4n) is 3.70. The largest absolute Gasteiger partial charge is 0.369 e. The summed E-state index contributed by atoms with van der Waals surface area (Å²) in [5, 5.41) is 2.93. The maximum absolute atomic E-state index is 12.8. The lowest BCUT2D eigenvalue weighted by Gasteiger charge is -2.34. The van der Waals surface area contributed by atoms with Gasteiger partial charge in [0, 0.05) is 50.6 Å². The van der Waals surface area contributed by atoms with Crippen LogP contribution in [0.2, 0.25) is 0 Å². The number of benzene rings is 1. The van der Waals surface area contributed by atoms with Crippen LogP contribution >= 0.6 is 0 Å². The number of carbonyl (C=O) groups excluding carboxylic acids is 2. The molecule has 2 amide bonds. The highest BCUT2D eigenvalue weighted by atomic mass is 16.2. The summed E-state index contributed by atoms with van der Waals surface area (Å²) in [5.74, 6) is -0.320. The van der Waals surface area contributed by atoms with E-state index in [2.05, 4.69) is 22.2 Å². The van der Waals surface area contributed by atoms with Crippen molar-refractivity contribution in [3.05, 3.63) is 24.3 Å². The van der Waals surface area contributed by atoms with Crippen LogP contribution in [-0.4, -0.2) is 67.9 Å². The minimum atomic E-state index is -1.06. The van der Waals surface area contributed by atoms with E-state index in [0.29, 0.717) is 0 Å². The van der Waals surface area contributed by atoms with Gasteiger partial charge in [-0.2, -0.15) is 0 Å². The molecule has 2 aliphatic heterocycles. The predicted octanol–water partition coefficient (Wildman–Crippen LogP) is 2.42. The highest BCUT2D eigenvalue weighted by Crippen LogP contribution is 2.25. The minimum absolute atomic E-state index is 0.0752. The van der Waals surface area contributed by atoms with Crippen LogP contribution in [0, 0.1) is 5.41 Å². The van der Waals surface area contributed by atoms with Gasteiger partial charge in [-0.15, -0.1) is 0 Å². The van der Waals surface area contributed by atoms with Crippen LogP contribution in [0.3, 0.4) is 0 Å². The molecule has 27 heavy (non-hydrogen) atoms. The van der Waals surface area contributed by atoms with Crippen LogP contribution < -0.4 is 10.2 Å². The van der Waals surface area contributed by atoms with E-state index >= 15 is 0 Å². The molecule has 0 radical (unpaired) electrons. The molecule has 2 saturated heterocycles. The number of likely N-dealkylation sites (tertiary alicyclic amines) is 1. The van der Waals surface area contributed by atoms with Crippen LogP contribution in [0.5, 0.6) is 0 Å². The van der Waals surface area contributed by atoms with Gasteiger partial charge in [0.05, 0.1) is 0 Å². The Balaban J connectivity index is 1.60. The van der Waals surface area contributed by atoms with Crippen molar-refractivity contribution < 1.29 is 9.59 Å². The molecule has 1 aromatic rings. The van der Waals surface area contributed by atoms with E-state index in [4.69, 9.17) is 0 Å². The Kier molecular flexibility index (Phi) is 6.05. The fraction of sp³-hybridized carbons (Fsp3) is 0.619. The highest BCUT2D eigenvalue weighted by Gasteiger charge is 2.39. The van der Waals surface area contributed by atoms with Gasteiger partial charge in [0.1, 0.15) is 5.41 Å². The van der Waals surface area contributed by atoms with Gasteiger partial charge in [0.25, 0.3) is 0 Å². The number of nitrogens with zero attached hydrogens (tertiary/aromatic N) is 3. The van der Waals surface area contributed by atoms with Crippen molar-refractivity contribution in [3.8, 4) is 0 Å². The van der Waals surface area contributed by atoms with E-state index in [1.807, 2.05) is 29.2 Å². The van der Waals surface area contributed by atoms with Crippen molar-refractivity contribution in [2.45, 2.75) is 33.1 Å². The molecule has 6 nitrogen and oxygen atoms in total. The first-order chi connectivity index (χ1) is 12.9. The second-order valence-electron chi connectivity index (χ2n) is 8.27. The molecule has 6 heteroatoms. The molecule has 0 saturated carbocycles. The summed E-state index contributed by atoms with van der Waals surface area (Å²) in [5.41, 5.74) is 0.843. The first kappa shape index (κ1) is 19.7. The first-order valence-corrected chi connectivity index (χ1v) is 10.0. The molecular formula is C21H32N4O2. The second kappa shape index (κ2) is 8.30. The van der Waals surface area contributed by atoms with Gasteiger partial charge >= 0.3 is 0 Å². The van der Waals surface area contributed by atoms with Crippen molar-refractivity contribution in [2.24, 2.45) is 5.41 Å². The van der Waals surface area contributed by atoms with Gasteiger partial charge in [-0.1, -0.05) is 0 Å². The molecule has 0 unspecified atom stereocenters. The lowest BCUT2D eigenvalue weighted by Crippen LogP contribution is -2.49. The molecule has 1 N–H and O–H groups in total. The average Bonchev–Trinajstić information content (AvgIpc) is 2.69. The Morgan fingerprint density at radius 2 is 1.48 bits per heavy atom. The van der Waals surface area contributed by atoms with E-state index in [0.717, 1.165) is 64.2 Å². The van der Waals surface area contributed by atoms with Gasteiger partial charge in [-0.25, -0.2) is 0 Å². The summed E-state index contributed by atoms with van der Waals surface area (Å²) in [7, 11) is 2.14. The molecule has 0 atom stereocenters. The number of likely N-dealkylation sites (N-methyl/N-ethyl adjacent to an activating group) is 1. The van der Waals surface area contributed by atoms with Gasteiger partial charge < -0.3 is 20.0 Å². The monoisotopic (exact) mass is 372 g/mol. The maximum Gasteiger partial charge on any atom is 0.239 e. The summed E-state index contributed by atoms with van der Waals surface area (Å²) in [6.07, 6.45) is 3.21. The molecule has 3 rings (SSSR count). The third-order valence-electron chi connectivity index (χ3n) is 5.74. The van der Waals surface area contributed by atoms with Crippen LogP contribution in [0.4, 0.5) is 11.4 Å². The summed E-state index contributed by atoms with van der Waals surface area (Å²) in [6, 6.07) is 7.93. The Hall–Kier alpha value is -2.08. The Bertz CT molecular complexity index is 657. The van der Waals surface area contributed by atoms with Crippen LogP contribution in [0.25, 0.3) is 0 Å². The van der Waals surface area contributed by atoms with Crippen molar-refractivity contribution in [1.82, 2.24) is 9.80 Å². The van der Waals surface area contributed by atoms with E-state index in [-0.39, 0.29) is 11.8 Å². The maximum atomic E-state index is 12.8. The predicted molar refractivity (Wildman–Crippen MR) is 109 cm³/mol. The molecule has 2 aliphatic rings. The first-order valence-electron chi connectivity index (χ1n) is 10.0. The molecule has 2 fully saturated rings. The lowest BCUT2D eigenvalue weighted by molar-refractivity contribution is -0.147. The molecule has 0 bridgehead atoms. The SMILES string of the molecule is CN1CCN(c2ccc(NC(=O)C(C)(C)C(=O)N3CCCCC3)cc2)CC1. The van der Waals surface area contributed by atoms with Crippen molar-refractivity contribution in [1.29, 1.82) is 0 Å². The van der Waals surface area contributed by atoms with Crippen molar-refractivity contribution in [2.75, 3.05) is 56.5 Å². The fourth-order valence-corrected chi connectivity index (χ4v) is 3.70. The number of rotatable bonds is 4. The summed E-state index contributed by atoms with van der Waals surface area (Å²) in [6.45, 7) is 9.11. The topological polar surface area (TPSA) is 55.9 Å². The van der Waals surface area contributed by atoms with Gasteiger partial charge in [-0.05, 0) is 64.4 Å². The third kappa shape index (κ3) is 4.61. The van der Waals surface area contributed by atoms with Crippen molar-refractivity contribution in [3.63, 3.8) is 0 Å². The van der Waals surface area contributed by atoms with Crippen LogP contribution in [0.15, 0.2) is 24.3 Å². The van der Waals surface area contributed by atoms with Gasteiger partial charge in [-0.3, -0.25) is 9.59 Å². The molecule has 1 aromatic carbocycles. The number of anilines is 2. The number of hydrogen-bond donors (Lipinski definition) is 1. The molecule has 0 spiro atoms. The zero-order valence-electron chi connectivity index (χ0n) is 16.8. The van der Waals surface area contributed by atoms with Crippen molar-refractivity contribution >= 4 is 23.2 Å². The lowest BCUT2D eigenvalue weighted by atomic mass is 9.89. The normalized spacial score (nSPS) is 19.1. The number of nitrogens with one attached hydrogen (secondary N) is 1. The molecule has 148 valence electrons. The number of piperazine rings is 1. The van der Waals surface area contributed by atoms with Crippen LogP contribution in [0.1, 0.15) is 33.1 Å². The Morgan fingerprint density at radius 3 is 2.07 bits per heavy atom. The molecule has 0 aromatic heterocycles. The number of carbonyl (C=O) groups is 2. The molecule has 2 heterocycles. The van der Waals surface area contributed by atoms with E-state index in [1.54, 1.807) is 13.8 Å². The average molecular weight is 373 g/mol. The van der Waals surface area contributed by atoms with E-state index in [9.17, 15) is 9.59 Å².